The van der Waals surface area contributed by atoms with E-state index >= 15 is 0 Å². The lowest BCUT2D eigenvalue weighted by atomic mass is 10.1. The Morgan fingerprint density at radius 2 is 1.18 bits per heavy atom. The number of carbonyl (C=O) groups excluding carboxylic acids is 9. The molecular weight excluding hydrogens is 652 g/mol. The van der Waals surface area contributed by atoms with Gasteiger partial charge in [0.25, 0.3) is 0 Å². The second-order valence-electron chi connectivity index (χ2n) is 11.8. The molecule has 13 N–H and O–H groups in total. The Morgan fingerprint density at radius 1 is 0.673 bits per heavy atom. The number of nitrogens with two attached hydrogens (primary N) is 3. The molecule has 2 fully saturated rings. The SMILES string of the molecule is CC(NC(=O)C(CC(N)=O)NC(=O)C1CCCN1C(=O)C(CC(N)=O)NC(=O)C(C)NC(=O)C(CC(N)=O)NC(=O)C1CCCN1)C(=O)O. The van der Waals surface area contributed by atoms with Crippen molar-refractivity contribution in [2.75, 3.05) is 13.1 Å². The minimum atomic E-state index is -1.60. The molecule has 7 atom stereocenters. The zero-order valence-corrected chi connectivity index (χ0v) is 27.1. The van der Waals surface area contributed by atoms with E-state index in [-0.39, 0.29) is 13.0 Å². The summed E-state index contributed by atoms with van der Waals surface area (Å²) in [5.74, 6) is -9.48. The highest BCUT2D eigenvalue weighted by atomic mass is 16.4. The number of aliphatic carboxylic acids is 1. The number of amides is 9. The number of hydrogen-bond acceptors (Lipinski definition) is 11. The fourth-order valence-electron chi connectivity index (χ4n) is 5.23. The summed E-state index contributed by atoms with van der Waals surface area (Å²) in [6.45, 7) is 2.98. The van der Waals surface area contributed by atoms with Crippen LogP contribution in [-0.4, -0.2) is 125 Å². The predicted molar refractivity (Wildman–Crippen MR) is 166 cm³/mol. The second-order valence-corrected chi connectivity index (χ2v) is 11.8. The van der Waals surface area contributed by atoms with Crippen LogP contribution in [0.4, 0.5) is 0 Å². The van der Waals surface area contributed by atoms with E-state index in [0.717, 1.165) is 18.2 Å². The summed E-state index contributed by atoms with van der Waals surface area (Å²) in [6.07, 6.45) is -0.335. The molecule has 7 unspecified atom stereocenters. The average molecular weight is 697 g/mol. The van der Waals surface area contributed by atoms with E-state index < -0.39 is 121 Å². The quantitative estimate of drug-likeness (QED) is 0.0640. The standard InChI is InChI=1S/C28H44N10O11/c1-12(33-24(44)15(9-19(29)39)35-23(43)14-5-3-7-32-14)22(42)37-17(11-21(31)41)27(47)38-8-4-6-18(38)26(46)36-16(10-20(30)40)25(45)34-13(2)28(48)49/h12-18,32H,3-11H2,1-2H3,(H2,29,39)(H2,30,40)(H2,31,41)(H,33,44)(H,34,45)(H,35,43)(H,36,46)(H,37,42)(H,48,49). The molecule has 272 valence electrons. The van der Waals surface area contributed by atoms with Gasteiger partial charge in [-0.25, -0.2) is 0 Å². The van der Waals surface area contributed by atoms with Crippen LogP contribution in [0.2, 0.25) is 0 Å². The highest BCUT2D eigenvalue weighted by Crippen LogP contribution is 2.20. The first-order valence-electron chi connectivity index (χ1n) is 15.5. The van der Waals surface area contributed by atoms with Crippen molar-refractivity contribution in [1.82, 2.24) is 36.8 Å². The Morgan fingerprint density at radius 3 is 1.67 bits per heavy atom. The number of likely N-dealkylation sites (tertiary alicyclic amines) is 1. The lowest BCUT2D eigenvalue weighted by Gasteiger charge is -2.30. The topological polar surface area (TPSA) is 344 Å². The van der Waals surface area contributed by atoms with Gasteiger partial charge in [-0.05, 0) is 46.1 Å². The van der Waals surface area contributed by atoms with Crippen LogP contribution in [0.3, 0.4) is 0 Å². The van der Waals surface area contributed by atoms with E-state index in [2.05, 4.69) is 31.9 Å². The molecule has 0 aromatic rings. The number of primary amides is 3. The third-order valence-electron chi connectivity index (χ3n) is 7.79. The molecule has 2 heterocycles. The predicted octanol–water partition coefficient (Wildman–Crippen LogP) is -6.10. The summed E-state index contributed by atoms with van der Waals surface area (Å²) < 4.78 is 0. The number of carbonyl (C=O) groups is 10. The van der Waals surface area contributed by atoms with Crippen molar-refractivity contribution < 1.29 is 53.1 Å². The molecule has 2 aliphatic rings. The number of nitrogens with zero attached hydrogens (tertiary/aromatic N) is 1. The number of rotatable bonds is 18. The molecule has 21 heteroatoms. The highest BCUT2D eigenvalue weighted by Gasteiger charge is 2.40. The number of hydrogen-bond donors (Lipinski definition) is 10. The zero-order chi connectivity index (χ0) is 37.0. The molecular formula is C28H44N10O11. The van der Waals surface area contributed by atoms with Gasteiger partial charge in [0.15, 0.2) is 0 Å². The van der Waals surface area contributed by atoms with Gasteiger partial charge in [-0.2, -0.15) is 0 Å². The minimum Gasteiger partial charge on any atom is -0.480 e. The van der Waals surface area contributed by atoms with Gasteiger partial charge >= 0.3 is 5.97 Å². The van der Waals surface area contributed by atoms with Crippen molar-refractivity contribution in [3.8, 4) is 0 Å². The van der Waals surface area contributed by atoms with Gasteiger partial charge in [-0.15, -0.1) is 0 Å². The van der Waals surface area contributed by atoms with E-state index in [0.29, 0.717) is 19.4 Å². The molecule has 2 rings (SSSR count). The first kappa shape index (κ1) is 39.8. The zero-order valence-electron chi connectivity index (χ0n) is 27.1. The second kappa shape index (κ2) is 18.3. The van der Waals surface area contributed by atoms with E-state index in [4.69, 9.17) is 22.3 Å². The van der Waals surface area contributed by atoms with Crippen molar-refractivity contribution >= 4 is 59.1 Å². The maximum Gasteiger partial charge on any atom is 0.325 e. The van der Waals surface area contributed by atoms with Crippen molar-refractivity contribution in [3.63, 3.8) is 0 Å². The van der Waals surface area contributed by atoms with Gasteiger partial charge in [0.05, 0.1) is 25.3 Å². The number of nitrogens with one attached hydrogen (secondary N) is 6. The molecule has 49 heavy (non-hydrogen) atoms. The molecule has 2 aliphatic heterocycles. The third-order valence-corrected chi connectivity index (χ3v) is 7.79. The van der Waals surface area contributed by atoms with Crippen LogP contribution in [0, 0.1) is 0 Å². The molecule has 0 aromatic carbocycles. The van der Waals surface area contributed by atoms with Crippen molar-refractivity contribution in [2.45, 2.75) is 101 Å². The maximum absolute atomic E-state index is 13.6. The fourth-order valence-corrected chi connectivity index (χ4v) is 5.23. The lowest BCUT2D eigenvalue weighted by molar-refractivity contribution is -0.144. The smallest absolute Gasteiger partial charge is 0.325 e. The van der Waals surface area contributed by atoms with Gasteiger partial charge < -0.3 is 59.1 Å². The van der Waals surface area contributed by atoms with E-state index in [1.54, 1.807) is 0 Å². The Labute approximate surface area is 280 Å². The molecule has 0 spiro atoms. The molecule has 0 aliphatic carbocycles. The first-order valence-corrected chi connectivity index (χ1v) is 15.5. The Hall–Kier alpha value is -5.34. The van der Waals surface area contributed by atoms with Crippen molar-refractivity contribution in [3.05, 3.63) is 0 Å². The highest BCUT2D eigenvalue weighted by molar-refractivity contribution is 5.99. The van der Waals surface area contributed by atoms with Crippen LogP contribution < -0.4 is 49.1 Å². The average Bonchev–Trinajstić information content (AvgIpc) is 3.72. The van der Waals surface area contributed by atoms with Crippen LogP contribution in [0.1, 0.15) is 58.8 Å². The monoisotopic (exact) mass is 696 g/mol. The van der Waals surface area contributed by atoms with Gasteiger partial charge in [0.2, 0.25) is 53.2 Å². The molecule has 0 radical (unpaired) electrons. The molecule has 0 aromatic heterocycles. The Kier molecular flexibility index (Phi) is 14.9. The van der Waals surface area contributed by atoms with E-state index in [1.807, 2.05) is 0 Å². The van der Waals surface area contributed by atoms with Gasteiger partial charge in [0, 0.05) is 6.54 Å². The van der Waals surface area contributed by atoms with Crippen LogP contribution in [-0.2, 0) is 47.9 Å². The summed E-state index contributed by atoms with van der Waals surface area (Å²) in [7, 11) is 0. The molecule has 0 bridgehead atoms. The summed E-state index contributed by atoms with van der Waals surface area (Å²) in [4.78, 5) is 125. The van der Waals surface area contributed by atoms with Crippen molar-refractivity contribution in [2.24, 2.45) is 17.2 Å². The summed E-state index contributed by atoms with van der Waals surface area (Å²) in [5.41, 5.74) is 15.8. The van der Waals surface area contributed by atoms with E-state index in [1.165, 1.54) is 6.92 Å². The van der Waals surface area contributed by atoms with Crippen LogP contribution >= 0.6 is 0 Å². The molecule has 9 amide bonds. The minimum absolute atomic E-state index is 0.0125. The molecule has 21 nitrogen and oxygen atoms in total. The number of carboxylic acids is 1. The van der Waals surface area contributed by atoms with Gasteiger partial charge in [-0.1, -0.05) is 0 Å². The Bertz CT molecular complexity index is 1340. The maximum atomic E-state index is 13.6. The summed E-state index contributed by atoms with van der Waals surface area (Å²) >= 11 is 0. The first-order chi connectivity index (χ1) is 22.9. The van der Waals surface area contributed by atoms with Gasteiger partial charge in [-0.3, -0.25) is 47.9 Å². The van der Waals surface area contributed by atoms with Crippen LogP contribution in [0.5, 0.6) is 0 Å². The fraction of sp³-hybridized carbons (Fsp3) is 0.643. The Balaban J connectivity index is 2.14. The summed E-state index contributed by atoms with van der Waals surface area (Å²) in [6, 6.07) is -9.14. The largest absolute Gasteiger partial charge is 0.480 e. The third kappa shape index (κ3) is 12.3. The lowest BCUT2D eigenvalue weighted by Crippen LogP contribution is -2.59. The molecule has 0 saturated carbocycles. The number of carboxylic acid groups (broad SMARTS) is 1. The van der Waals surface area contributed by atoms with Crippen LogP contribution in [0.15, 0.2) is 0 Å². The van der Waals surface area contributed by atoms with E-state index in [9.17, 15) is 47.9 Å². The van der Waals surface area contributed by atoms with Crippen LogP contribution in [0.25, 0.3) is 0 Å². The summed E-state index contributed by atoms with van der Waals surface area (Å²) in [5, 5.41) is 23.5. The van der Waals surface area contributed by atoms with Crippen molar-refractivity contribution in [1.29, 1.82) is 0 Å². The van der Waals surface area contributed by atoms with Gasteiger partial charge in [0.1, 0.15) is 36.3 Å². The normalized spacial score (nSPS) is 20.0. The molecule has 2 saturated heterocycles.